The van der Waals surface area contributed by atoms with Gasteiger partial charge in [0.2, 0.25) is 11.7 Å². The van der Waals surface area contributed by atoms with Crippen LogP contribution < -0.4 is 0 Å². The first-order valence-corrected chi connectivity index (χ1v) is 10.2. The molecule has 0 spiro atoms. The second-order valence-corrected chi connectivity index (χ2v) is 8.06. The first-order valence-electron chi connectivity index (χ1n) is 9.79. The third-order valence-electron chi connectivity index (χ3n) is 5.50. The molecule has 1 aromatic carbocycles. The second kappa shape index (κ2) is 8.51. The molecule has 0 radical (unpaired) electrons. The number of nitrogens with zero attached hydrogens (tertiary/aromatic N) is 4. The molecule has 0 aliphatic carbocycles. The zero-order valence-corrected chi connectivity index (χ0v) is 16.0. The molecule has 0 amide bonds. The van der Waals surface area contributed by atoms with E-state index in [4.69, 9.17) is 16.1 Å². The van der Waals surface area contributed by atoms with Crippen LogP contribution in [0.15, 0.2) is 28.8 Å². The van der Waals surface area contributed by atoms with E-state index in [9.17, 15) is 0 Å². The Bertz CT molecular complexity index is 696. The normalized spacial score (nSPS) is 22.6. The highest BCUT2D eigenvalue weighted by Crippen LogP contribution is 2.22. The predicted molar refractivity (Wildman–Crippen MR) is 103 cm³/mol. The Kier molecular flexibility index (Phi) is 5.88. The molecule has 140 valence electrons. The Balaban J connectivity index is 1.32. The number of aromatic nitrogens is 2. The highest BCUT2D eigenvalue weighted by Gasteiger charge is 2.24. The van der Waals surface area contributed by atoms with Gasteiger partial charge in [0, 0.05) is 23.7 Å². The van der Waals surface area contributed by atoms with Crippen molar-refractivity contribution >= 4 is 11.6 Å². The lowest BCUT2D eigenvalue weighted by molar-refractivity contribution is 0.110. The molecule has 1 aromatic heterocycles. The van der Waals surface area contributed by atoms with E-state index in [1.807, 2.05) is 24.3 Å². The number of likely N-dealkylation sites (tertiary alicyclic amines) is 2. The SMILES string of the molecule is Clc1ccc(-c2noc(CN3CCC[C@@H](CN4CCCCC4)C3)n2)cc1. The van der Waals surface area contributed by atoms with Gasteiger partial charge in [-0.2, -0.15) is 4.98 Å². The first kappa shape index (κ1) is 18.0. The predicted octanol–water partition coefficient (Wildman–Crippen LogP) is 4.09. The molecule has 6 heteroatoms. The summed E-state index contributed by atoms with van der Waals surface area (Å²) in [4.78, 5) is 9.70. The first-order chi connectivity index (χ1) is 12.8. The van der Waals surface area contributed by atoms with E-state index < -0.39 is 0 Å². The van der Waals surface area contributed by atoms with Gasteiger partial charge >= 0.3 is 0 Å². The smallest absolute Gasteiger partial charge is 0.241 e. The van der Waals surface area contributed by atoms with Crippen LogP contribution in [0.2, 0.25) is 5.02 Å². The van der Waals surface area contributed by atoms with Gasteiger partial charge in [-0.15, -0.1) is 0 Å². The summed E-state index contributed by atoms with van der Waals surface area (Å²) in [5.41, 5.74) is 0.936. The van der Waals surface area contributed by atoms with Crippen molar-refractivity contribution in [2.75, 3.05) is 32.7 Å². The van der Waals surface area contributed by atoms with Crippen LogP contribution in [-0.4, -0.2) is 52.7 Å². The molecule has 0 unspecified atom stereocenters. The average molecular weight is 375 g/mol. The van der Waals surface area contributed by atoms with Crippen LogP contribution in [0, 0.1) is 5.92 Å². The maximum absolute atomic E-state index is 5.94. The van der Waals surface area contributed by atoms with Crippen molar-refractivity contribution < 1.29 is 4.52 Å². The van der Waals surface area contributed by atoms with Crippen LogP contribution in [0.5, 0.6) is 0 Å². The van der Waals surface area contributed by atoms with Crippen LogP contribution in [0.4, 0.5) is 0 Å². The standard InChI is InChI=1S/C20H27ClN4O/c21-18-8-6-17(7-9-18)20-22-19(26-23-20)15-25-12-4-5-16(14-25)13-24-10-2-1-3-11-24/h6-9,16H,1-5,10-15H2/t16-/m0/s1. The Morgan fingerprint density at radius 1 is 1.00 bits per heavy atom. The average Bonchev–Trinajstić information content (AvgIpc) is 3.12. The fraction of sp³-hybridized carbons (Fsp3) is 0.600. The number of hydrogen-bond acceptors (Lipinski definition) is 5. The maximum Gasteiger partial charge on any atom is 0.241 e. The number of benzene rings is 1. The molecule has 3 heterocycles. The highest BCUT2D eigenvalue weighted by molar-refractivity contribution is 6.30. The topological polar surface area (TPSA) is 45.4 Å². The minimum Gasteiger partial charge on any atom is -0.338 e. The molecule has 2 fully saturated rings. The van der Waals surface area contributed by atoms with E-state index in [1.54, 1.807) is 0 Å². The number of piperidine rings is 2. The maximum atomic E-state index is 5.94. The van der Waals surface area contributed by atoms with Crippen molar-refractivity contribution in [3.8, 4) is 11.4 Å². The lowest BCUT2D eigenvalue weighted by atomic mass is 9.96. The number of hydrogen-bond donors (Lipinski definition) is 0. The quantitative estimate of drug-likeness (QED) is 0.788. The third-order valence-corrected chi connectivity index (χ3v) is 5.75. The summed E-state index contributed by atoms with van der Waals surface area (Å²) >= 11 is 5.94. The van der Waals surface area contributed by atoms with Crippen LogP contribution in [0.1, 0.15) is 38.0 Å². The molecule has 5 nitrogen and oxygen atoms in total. The third kappa shape index (κ3) is 4.64. The molecule has 2 aromatic rings. The van der Waals surface area contributed by atoms with Gasteiger partial charge in [-0.25, -0.2) is 0 Å². The Morgan fingerprint density at radius 2 is 1.77 bits per heavy atom. The van der Waals surface area contributed by atoms with E-state index in [-0.39, 0.29) is 0 Å². The van der Waals surface area contributed by atoms with E-state index in [2.05, 4.69) is 19.9 Å². The Hall–Kier alpha value is -1.43. The van der Waals surface area contributed by atoms with Crippen molar-refractivity contribution in [1.29, 1.82) is 0 Å². The lowest BCUT2D eigenvalue weighted by Crippen LogP contribution is -2.42. The molecule has 2 aliphatic rings. The van der Waals surface area contributed by atoms with Crippen LogP contribution >= 0.6 is 11.6 Å². The molecule has 2 saturated heterocycles. The van der Waals surface area contributed by atoms with Crippen molar-refractivity contribution in [2.24, 2.45) is 5.92 Å². The fourth-order valence-corrected chi connectivity index (χ4v) is 4.30. The summed E-state index contributed by atoms with van der Waals surface area (Å²) in [6.07, 6.45) is 6.74. The number of halogens is 1. The summed E-state index contributed by atoms with van der Waals surface area (Å²) in [5.74, 6) is 2.10. The summed E-state index contributed by atoms with van der Waals surface area (Å²) in [6, 6.07) is 7.55. The van der Waals surface area contributed by atoms with Gasteiger partial charge in [-0.1, -0.05) is 23.2 Å². The molecule has 0 bridgehead atoms. The van der Waals surface area contributed by atoms with E-state index in [0.29, 0.717) is 16.7 Å². The zero-order valence-electron chi connectivity index (χ0n) is 15.2. The van der Waals surface area contributed by atoms with Gasteiger partial charge in [-0.05, 0) is 75.5 Å². The molecule has 0 N–H and O–H groups in total. The minimum atomic E-state index is 0.638. The molecule has 0 saturated carbocycles. The van der Waals surface area contributed by atoms with Gasteiger partial charge in [0.1, 0.15) is 0 Å². The highest BCUT2D eigenvalue weighted by atomic mass is 35.5. The van der Waals surface area contributed by atoms with Gasteiger partial charge in [0.05, 0.1) is 6.54 Å². The van der Waals surface area contributed by atoms with Gasteiger partial charge in [0.15, 0.2) is 0 Å². The summed E-state index contributed by atoms with van der Waals surface area (Å²) in [5, 5.41) is 4.84. The van der Waals surface area contributed by atoms with Gasteiger partial charge < -0.3 is 9.42 Å². The molecule has 2 aliphatic heterocycles. The van der Waals surface area contributed by atoms with E-state index in [0.717, 1.165) is 31.1 Å². The van der Waals surface area contributed by atoms with Crippen molar-refractivity contribution in [3.05, 3.63) is 35.2 Å². The molecular weight excluding hydrogens is 348 g/mol. The zero-order chi connectivity index (χ0) is 17.8. The van der Waals surface area contributed by atoms with E-state index >= 15 is 0 Å². The lowest BCUT2D eigenvalue weighted by Gasteiger charge is -2.36. The summed E-state index contributed by atoms with van der Waals surface area (Å²) in [7, 11) is 0. The van der Waals surface area contributed by atoms with Crippen LogP contribution in [0.3, 0.4) is 0 Å². The monoisotopic (exact) mass is 374 g/mol. The van der Waals surface area contributed by atoms with Crippen molar-refractivity contribution in [1.82, 2.24) is 19.9 Å². The van der Waals surface area contributed by atoms with Crippen molar-refractivity contribution in [3.63, 3.8) is 0 Å². The van der Waals surface area contributed by atoms with Crippen molar-refractivity contribution in [2.45, 2.75) is 38.6 Å². The number of rotatable bonds is 5. The summed E-state index contributed by atoms with van der Waals surface area (Å²) in [6.45, 7) is 6.81. The molecule has 1 atom stereocenters. The largest absolute Gasteiger partial charge is 0.338 e. The molecule has 4 rings (SSSR count). The molecular formula is C20H27ClN4O. The van der Waals surface area contributed by atoms with Crippen LogP contribution in [0.25, 0.3) is 11.4 Å². The Morgan fingerprint density at radius 3 is 2.58 bits per heavy atom. The summed E-state index contributed by atoms with van der Waals surface area (Å²) < 4.78 is 5.49. The minimum absolute atomic E-state index is 0.638. The van der Waals surface area contributed by atoms with Gasteiger partial charge in [0.25, 0.3) is 0 Å². The molecule has 26 heavy (non-hydrogen) atoms. The Labute approximate surface area is 160 Å². The van der Waals surface area contributed by atoms with Gasteiger partial charge in [-0.3, -0.25) is 4.90 Å². The fourth-order valence-electron chi connectivity index (χ4n) is 4.18. The van der Waals surface area contributed by atoms with Crippen LogP contribution in [-0.2, 0) is 6.54 Å². The van der Waals surface area contributed by atoms with E-state index in [1.165, 1.54) is 51.7 Å². The second-order valence-electron chi connectivity index (χ2n) is 7.62.